The fraction of sp³-hybridized carbons (Fsp3) is 0.200. The zero-order valence-electron chi connectivity index (χ0n) is 15.6. The predicted molar refractivity (Wildman–Crippen MR) is 112 cm³/mol. The minimum absolute atomic E-state index is 0.134. The van der Waals surface area contributed by atoms with Crippen LogP contribution in [-0.2, 0) is 9.59 Å². The van der Waals surface area contributed by atoms with E-state index in [1.165, 1.54) is 18.1 Å². The number of aromatic nitrogens is 3. The first-order chi connectivity index (χ1) is 13.5. The summed E-state index contributed by atoms with van der Waals surface area (Å²) in [7, 11) is 0. The van der Waals surface area contributed by atoms with Gasteiger partial charge in [0.05, 0.1) is 16.7 Å². The molecule has 1 unspecified atom stereocenters. The number of carbonyl (C=O) groups is 2. The van der Waals surface area contributed by atoms with Crippen LogP contribution in [0, 0.1) is 6.92 Å². The second-order valence-corrected chi connectivity index (χ2v) is 7.57. The van der Waals surface area contributed by atoms with Crippen molar-refractivity contribution in [2.75, 3.05) is 16.4 Å². The molecule has 0 aliphatic heterocycles. The van der Waals surface area contributed by atoms with Gasteiger partial charge in [-0.1, -0.05) is 17.7 Å². The number of hydrogen-bond donors (Lipinski definition) is 2. The first-order valence-electron chi connectivity index (χ1n) is 8.75. The van der Waals surface area contributed by atoms with Gasteiger partial charge in [0.2, 0.25) is 11.8 Å². The first-order valence-corrected chi connectivity index (χ1v) is 9.80. The monoisotopic (exact) mass is 395 g/mol. The summed E-state index contributed by atoms with van der Waals surface area (Å²) in [5, 5.41) is 9.38. The minimum Gasteiger partial charge on any atom is -0.325 e. The first kappa shape index (κ1) is 19.6. The summed E-state index contributed by atoms with van der Waals surface area (Å²) in [6.07, 6.45) is 3.07. The van der Waals surface area contributed by atoms with Crippen LogP contribution in [0.2, 0.25) is 0 Å². The zero-order chi connectivity index (χ0) is 19.9. The molecule has 1 aromatic heterocycles. The molecule has 8 heteroatoms. The fourth-order valence-electron chi connectivity index (χ4n) is 2.39. The average Bonchev–Trinajstić information content (AvgIpc) is 3.23. The van der Waals surface area contributed by atoms with Gasteiger partial charge < -0.3 is 10.6 Å². The summed E-state index contributed by atoms with van der Waals surface area (Å²) in [4.78, 5) is 28.3. The second kappa shape index (κ2) is 9.18. The third kappa shape index (κ3) is 5.43. The largest absolute Gasteiger partial charge is 0.325 e. The summed E-state index contributed by atoms with van der Waals surface area (Å²) >= 11 is 1.29. The number of nitrogens with zero attached hydrogens (tertiary/aromatic N) is 3. The van der Waals surface area contributed by atoms with Gasteiger partial charge in [0, 0.05) is 11.4 Å². The lowest BCUT2D eigenvalue weighted by molar-refractivity contribution is -0.115. The highest BCUT2D eigenvalue weighted by atomic mass is 32.2. The molecule has 0 fully saturated rings. The van der Waals surface area contributed by atoms with Crippen LogP contribution in [0.4, 0.5) is 11.4 Å². The zero-order valence-corrected chi connectivity index (χ0v) is 16.4. The maximum atomic E-state index is 12.3. The molecule has 2 amide bonds. The second-order valence-electron chi connectivity index (χ2n) is 6.24. The third-order valence-corrected chi connectivity index (χ3v) is 5.13. The molecule has 3 aromatic rings. The maximum absolute atomic E-state index is 12.3. The van der Waals surface area contributed by atoms with E-state index in [1.54, 1.807) is 30.1 Å². The van der Waals surface area contributed by atoms with E-state index in [-0.39, 0.29) is 22.8 Å². The van der Waals surface area contributed by atoms with Crippen molar-refractivity contribution in [1.82, 2.24) is 14.8 Å². The van der Waals surface area contributed by atoms with Gasteiger partial charge in [0.15, 0.2) is 0 Å². The van der Waals surface area contributed by atoms with E-state index in [0.29, 0.717) is 5.69 Å². The molecule has 0 bridgehead atoms. The lowest BCUT2D eigenvalue weighted by atomic mass is 10.2. The Morgan fingerprint density at radius 3 is 2.32 bits per heavy atom. The van der Waals surface area contributed by atoms with Gasteiger partial charge >= 0.3 is 0 Å². The van der Waals surface area contributed by atoms with Crippen LogP contribution in [0.5, 0.6) is 0 Å². The van der Waals surface area contributed by atoms with Crippen LogP contribution < -0.4 is 10.6 Å². The number of aryl methyl sites for hydroxylation is 1. The Bertz CT molecular complexity index is 924. The van der Waals surface area contributed by atoms with Gasteiger partial charge in [-0.3, -0.25) is 9.59 Å². The number of carbonyl (C=O) groups excluding carboxylic acids is 2. The quantitative estimate of drug-likeness (QED) is 0.641. The normalized spacial score (nSPS) is 11.6. The molecule has 7 nitrogen and oxygen atoms in total. The Labute approximate surface area is 167 Å². The molecule has 2 N–H and O–H groups in total. The molecule has 2 aromatic carbocycles. The highest BCUT2D eigenvalue weighted by Crippen LogP contribution is 2.17. The summed E-state index contributed by atoms with van der Waals surface area (Å²) < 4.78 is 1.64. The molecule has 144 valence electrons. The highest BCUT2D eigenvalue weighted by Gasteiger charge is 2.15. The Hall–Kier alpha value is -3.13. The summed E-state index contributed by atoms with van der Waals surface area (Å²) in [6, 6.07) is 14.9. The molecule has 0 spiro atoms. The molecular formula is C20H21N5O2S. The lowest BCUT2D eigenvalue weighted by Gasteiger charge is -2.12. The molecule has 0 aliphatic carbocycles. The van der Waals surface area contributed by atoms with E-state index in [9.17, 15) is 9.59 Å². The van der Waals surface area contributed by atoms with E-state index in [0.717, 1.165) is 16.9 Å². The molecule has 0 aliphatic rings. The van der Waals surface area contributed by atoms with Crippen molar-refractivity contribution in [2.45, 2.75) is 19.1 Å². The van der Waals surface area contributed by atoms with Crippen molar-refractivity contribution in [2.24, 2.45) is 0 Å². The van der Waals surface area contributed by atoms with Crippen LogP contribution in [0.25, 0.3) is 5.69 Å². The van der Waals surface area contributed by atoms with Crippen LogP contribution in [0.15, 0.2) is 61.2 Å². The maximum Gasteiger partial charge on any atom is 0.237 e. The van der Waals surface area contributed by atoms with Crippen molar-refractivity contribution in [1.29, 1.82) is 0 Å². The Morgan fingerprint density at radius 1 is 1.04 bits per heavy atom. The fourth-order valence-corrected chi connectivity index (χ4v) is 3.08. The number of thioether (sulfide) groups is 1. The minimum atomic E-state index is -0.362. The molecule has 0 saturated carbocycles. The van der Waals surface area contributed by atoms with E-state index in [2.05, 4.69) is 20.7 Å². The van der Waals surface area contributed by atoms with Crippen molar-refractivity contribution >= 4 is 35.0 Å². The van der Waals surface area contributed by atoms with Crippen molar-refractivity contribution in [3.63, 3.8) is 0 Å². The predicted octanol–water partition coefficient (Wildman–Crippen LogP) is 3.27. The Morgan fingerprint density at radius 2 is 1.68 bits per heavy atom. The number of benzene rings is 2. The van der Waals surface area contributed by atoms with Gasteiger partial charge in [-0.15, -0.1) is 11.8 Å². The van der Waals surface area contributed by atoms with Crippen molar-refractivity contribution in [3.05, 3.63) is 66.7 Å². The van der Waals surface area contributed by atoms with Crippen LogP contribution in [-0.4, -0.2) is 37.6 Å². The number of nitrogens with one attached hydrogen (secondary N) is 2. The number of amides is 2. The van der Waals surface area contributed by atoms with Crippen molar-refractivity contribution < 1.29 is 9.59 Å². The summed E-state index contributed by atoms with van der Waals surface area (Å²) in [5.74, 6) is -0.0828. The van der Waals surface area contributed by atoms with E-state index in [4.69, 9.17) is 0 Å². The molecule has 0 radical (unpaired) electrons. The Kier molecular flexibility index (Phi) is 6.44. The Balaban J connectivity index is 1.46. The van der Waals surface area contributed by atoms with Crippen molar-refractivity contribution in [3.8, 4) is 5.69 Å². The number of rotatable bonds is 7. The summed E-state index contributed by atoms with van der Waals surface area (Å²) in [6.45, 7) is 3.77. The van der Waals surface area contributed by atoms with Gasteiger partial charge in [0.1, 0.15) is 12.7 Å². The molecule has 1 atom stereocenters. The topological polar surface area (TPSA) is 88.9 Å². The molecule has 0 saturated heterocycles. The summed E-state index contributed by atoms with van der Waals surface area (Å²) in [5.41, 5.74) is 3.42. The van der Waals surface area contributed by atoms with Crippen LogP contribution in [0.1, 0.15) is 12.5 Å². The van der Waals surface area contributed by atoms with Gasteiger partial charge in [-0.2, -0.15) is 5.10 Å². The average molecular weight is 395 g/mol. The molecular weight excluding hydrogens is 374 g/mol. The highest BCUT2D eigenvalue weighted by molar-refractivity contribution is 8.01. The van der Waals surface area contributed by atoms with Crippen LogP contribution >= 0.6 is 11.8 Å². The van der Waals surface area contributed by atoms with Gasteiger partial charge in [0.25, 0.3) is 0 Å². The number of anilines is 2. The van der Waals surface area contributed by atoms with E-state index >= 15 is 0 Å². The van der Waals surface area contributed by atoms with Gasteiger partial charge in [-0.05, 0) is 50.2 Å². The van der Waals surface area contributed by atoms with Gasteiger partial charge in [-0.25, -0.2) is 9.67 Å². The standard InChI is InChI=1S/C20H21N5O2S/c1-14-3-5-16(6-4-14)23-19(26)11-28-15(2)20(27)24-17-7-9-18(10-8-17)25-13-21-12-22-25/h3-10,12-13,15H,11H2,1-2H3,(H,23,26)(H,24,27). The third-order valence-electron chi connectivity index (χ3n) is 3.99. The molecule has 28 heavy (non-hydrogen) atoms. The SMILES string of the molecule is Cc1ccc(NC(=O)CSC(C)C(=O)Nc2ccc(-n3cncn3)cc2)cc1. The lowest BCUT2D eigenvalue weighted by Crippen LogP contribution is -2.25. The number of hydrogen-bond acceptors (Lipinski definition) is 5. The smallest absolute Gasteiger partial charge is 0.237 e. The molecule has 1 heterocycles. The van der Waals surface area contributed by atoms with Crippen LogP contribution in [0.3, 0.4) is 0 Å². The van der Waals surface area contributed by atoms with E-state index in [1.807, 2.05) is 43.3 Å². The molecule has 3 rings (SSSR count). The van der Waals surface area contributed by atoms with E-state index < -0.39 is 0 Å².